The summed E-state index contributed by atoms with van der Waals surface area (Å²) in [7, 11) is -1.99. The molecule has 108 valence electrons. The average molecular weight is 294 g/mol. The molecule has 1 aromatic heterocycles. The van der Waals surface area contributed by atoms with Gasteiger partial charge >= 0.3 is 0 Å². The van der Waals surface area contributed by atoms with E-state index < -0.39 is 10.0 Å². The van der Waals surface area contributed by atoms with E-state index in [9.17, 15) is 8.42 Å². The van der Waals surface area contributed by atoms with Gasteiger partial charge in [0.1, 0.15) is 5.82 Å². The lowest BCUT2D eigenvalue weighted by Crippen LogP contribution is -2.18. The molecule has 20 heavy (non-hydrogen) atoms. The molecule has 6 nitrogen and oxygen atoms in total. The van der Waals surface area contributed by atoms with Gasteiger partial charge in [0, 0.05) is 18.1 Å². The number of benzene rings is 1. The summed E-state index contributed by atoms with van der Waals surface area (Å²) in [6.45, 7) is 2.06. The van der Waals surface area contributed by atoms with Gasteiger partial charge in [-0.3, -0.25) is 0 Å². The molecule has 0 fully saturated rings. The second kappa shape index (κ2) is 6.06. The van der Waals surface area contributed by atoms with Crippen molar-refractivity contribution in [2.45, 2.75) is 24.3 Å². The molecule has 1 aromatic carbocycles. The zero-order valence-electron chi connectivity index (χ0n) is 11.4. The number of hydrogen-bond donors (Lipinski definition) is 3. The molecule has 1 heterocycles. The highest BCUT2D eigenvalue weighted by atomic mass is 32.2. The largest absolute Gasteiger partial charge is 0.375 e. The number of anilines is 1. The highest BCUT2D eigenvalue weighted by molar-refractivity contribution is 7.89. The summed E-state index contributed by atoms with van der Waals surface area (Å²) < 4.78 is 25.5. The van der Waals surface area contributed by atoms with Gasteiger partial charge in [-0.25, -0.2) is 18.1 Å². The maximum atomic E-state index is 11.6. The van der Waals surface area contributed by atoms with Crippen LogP contribution in [0.15, 0.2) is 41.6 Å². The molecule has 0 aliphatic rings. The maximum Gasteiger partial charge on any atom is 0.240 e. The van der Waals surface area contributed by atoms with E-state index in [1.165, 1.54) is 7.05 Å². The van der Waals surface area contributed by atoms with Crippen molar-refractivity contribution in [1.82, 2.24) is 14.7 Å². The third kappa shape index (κ3) is 3.17. The monoisotopic (exact) mass is 294 g/mol. The third-order valence-electron chi connectivity index (χ3n) is 3.03. The van der Waals surface area contributed by atoms with Crippen LogP contribution in [0.4, 0.5) is 5.69 Å². The second-order valence-corrected chi connectivity index (χ2v) is 6.20. The van der Waals surface area contributed by atoms with Gasteiger partial charge < -0.3 is 10.3 Å². The standard InChI is InChI=1S/C13H18N4O2S/c1-3-12(13-15-8-9-16-13)17-10-4-6-11(7-5-10)20(18,19)14-2/h4-9,12,14,17H,3H2,1-2H3,(H,15,16). The van der Waals surface area contributed by atoms with Crippen molar-refractivity contribution in [3.05, 3.63) is 42.5 Å². The van der Waals surface area contributed by atoms with E-state index >= 15 is 0 Å². The molecule has 0 spiro atoms. The Labute approximate surface area is 118 Å². The first-order valence-corrected chi connectivity index (χ1v) is 7.84. The number of nitrogens with one attached hydrogen (secondary N) is 3. The zero-order chi connectivity index (χ0) is 14.6. The van der Waals surface area contributed by atoms with Gasteiger partial charge in [0.2, 0.25) is 10.0 Å². The Bertz CT molecular complexity index is 636. The quantitative estimate of drug-likeness (QED) is 0.759. The van der Waals surface area contributed by atoms with Crippen molar-refractivity contribution in [2.75, 3.05) is 12.4 Å². The summed E-state index contributed by atoms with van der Waals surface area (Å²) in [6.07, 6.45) is 4.36. The molecule has 0 radical (unpaired) electrons. The molecule has 0 saturated heterocycles. The topological polar surface area (TPSA) is 86.9 Å². The van der Waals surface area contributed by atoms with Crippen LogP contribution in [0.5, 0.6) is 0 Å². The Morgan fingerprint density at radius 1 is 1.30 bits per heavy atom. The molecule has 1 unspecified atom stereocenters. The lowest BCUT2D eigenvalue weighted by molar-refractivity contribution is 0.588. The maximum absolute atomic E-state index is 11.6. The molecular weight excluding hydrogens is 276 g/mol. The van der Waals surface area contributed by atoms with E-state index in [0.717, 1.165) is 17.9 Å². The summed E-state index contributed by atoms with van der Waals surface area (Å²) in [5.41, 5.74) is 0.850. The fourth-order valence-electron chi connectivity index (χ4n) is 1.88. The second-order valence-electron chi connectivity index (χ2n) is 4.31. The summed E-state index contributed by atoms with van der Waals surface area (Å²) in [5, 5.41) is 3.32. The number of sulfonamides is 1. The molecule has 0 amide bonds. The summed E-state index contributed by atoms with van der Waals surface area (Å²) >= 11 is 0. The Balaban J connectivity index is 2.15. The molecule has 2 rings (SSSR count). The Morgan fingerprint density at radius 3 is 2.50 bits per heavy atom. The SMILES string of the molecule is CCC(Nc1ccc(S(=O)(=O)NC)cc1)c1ncc[nH]1. The van der Waals surface area contributed by atoms with Gasteiger partial charge in [-0.2, -0.15) is 0 Å². The average Bonchev–Trinajstić information content (AvgIpc) is 2.99. The molecule has 7 heteroatoms. The molecule has 0 aliphatic heterocycles. The van der Waals surface area contributed by atoms with Crippen molar-refractivity contribution in [1.29, 1.82) is 0 Å². The van der Waals surface area contributed by atoms with Crippen LogP contribution in [0.2, 0.25) is 0 Å². The number of rotatable bonds is 6. The summed E-state index contributed by atoms with van der Waals surface area (Å²) in [4.78, 5) is 7.55. The number of aromatic amines is 1. The van der Waals surface area contributed by atoms with Crippen LogP contribution in [0.1, 0.15) is 25.2 Å². The van der Waals surface area contributed by atoms with Crippen LogP contribution in [0.3, 0.4) is 0 Å². The normalized spacial score (nSPS) is 13.1. The minimum Gasteiger partial charge on any atom is -0.375 e. The Morgan fingerprint density at radius 2 is 2.00 bits per heavy atom. The molecule has 1 atom stereocenters. The lowest BCUT2D eigenvalue weighted by atomic mass is 10.2. The third-order valence-corrected chi connectivity index (χ3v) is 4.46. The predicted molar refractivity (Wildman–Crippen MR) is 77.9 cm³/mol. The van der Waals surface area contributed by atoms with Crippen molar-refractivity contribution < 1.29 is 8.42 Å². The van der Waals surface area contributed by atoms with Gasteiger partial charge in [0.25, 0.3) is 0 Å². The summed E-state index contributed by atoms with van der Waals surface area (Å²) in [5.74, 6) is 0.861. The van der Waals surface area contributed by atoms with Crippen molar-refractivity contribution in [2.24, 2.45) is 0 Å². The highest BCUT2D eigenvalue weighted by Crippen LogP contribution is 2.21. The van der Waals surface area contributed by atoms with E-state index in [-0.39, 0.29) is 10.9 Å². The van der Waals surface area contributed by atoms with Gasteiger partial charge in [-0.15, -0.1) is 0 Å². The lowest BCUT2D eigenvalue weighted by Gasteiger charge is -2.16. The van der Waals surface area contributed by atoms with Crippen LogP contribution in [-0.2, 0) is 10.0 Å². The Hall–Kier alpha value is -1.86. The summed E-state index contributed by atoms with van der Waals surface area (Å²) in [6, 6.07) is 6.70. The number of hydrogen-bond acceptors (Lipinski definition) is 4. The number of H-pyrrole nitrogens is 1. The van der Waals surface area contributed by atoms with Gasteiger partial charge in [0.15, 0.2) is 0 Å². The van der Waals surface area contributed by atoms with Crippen molar-refractivity contribution in [3.63, 3.8) is 0 Å². The first kappa shape index (κ1) is 14.5. The number of aromatic nitrogens is 2. The zero-order valence-corrected chi connectivity index (χ0v) is 12.2. The smallest absolute Gasteiger partial charge is 0.240 e. The van der Waals surface area contributed by atoms with Gasteiger partial charge in [-0.05, 0) is 37.7 Å². The Kier molecular flexibility index (Phi) is 4.41. The first-order valence-electron chi connectivity index (χ1n) is 6.36. The molecule has 3 N–H and O–H groups in total. The van der Waals surface area contributed by atoms with Crippen LogP contribution in [0, 0.1) is 0 Å². The first-order chi connectivity index (χ1) is 9.56. The fourth-order valence-corrected chi connectivity index (χ4v) is 2.61. The molecule has 0 bridgehead atoms. The van der Waals surface area contributed by atoms with E-state index in [0.29, 0.717) is 0 Å². The molecule has 0 saturated carbocycles. The molecule has 0 aliphatic carbocycles. The van der Waals surface area contributed by atoms with Crippen LogP contribution in [0.25, 0.3) is 0 Å². The molecule has 2 aromatic rings. The fraction of sp³-hybridized carbons (Fsp3) is 0.308. The number of nitrogens with zero attached hydrogens (tertiary/aromatic N) is 1. The van der Waals surface area contributed by atoms with E-state index in [4.69, 9.17) is 0 Å². The van der Waals surface area contributed by atoms with Crippen LogP contribution < -0.4 is 10.0 Å². The minimum atomic E-state index is -3.39. The van der Waals surface area contributed by atoms with E-state index in [1.54, 1.807) is 36.7 Å². The van der Waals surface area contributed by atoms with Gasteiger partial charge in [-0.1, -0.05) is 6.92 Å². The highest BCUT2D eigenvalue weighted by Gasteiger charge is 2.13. The number of imidazole rings is 1. The van der Waals surface area contributed by atoms with E-state index in [2.05, 4.69) is 26.9 Å². The van der Waals surface area contributed by atoms with E-state index in [1.807, 2.05) is 0 Å². The van der Waals surface area contributed by atoms with Crippen LogP contribution >= 0.6 is 0 Å². The molecular formula is C13H18N4O2S. The van der Waals surface area contributed by atoms with Crippen LogP contribution in [-0.4, -0.2) is 25.4 Å². The van der Waals surface area contributed by atoms with Gasteiger partial charge in [0.05, 0.1) is 10.9 Å². The minimum absolute atomic E-state index is 0.0664. The van der Waals surface area contributed by atoms with Crippen molar-refractivity contribution >= 4 is 15.7 Å². The predicted octanol–water partition coefficient (Wildman–Crippen LogP) is 1.88. The van der Waals surface area contributed by atoms with Crippen molar-refractivity contribution in [3.8, 4) is 0 Å².